The molecular formula is C4H11NO4S2. The molecular weight excluding hydrogens is 190 g/mol. The van der Waals surface area contributed by atoms with Crippen molar-refractivity contribution in [3.63, 3.8) is 0 Å². The smallest absolute Gasteiger partial charge is 0.208 e. The number of hydrogen-bond acceptors (Lipinski definition) is 4. The Balaban J connectivity index is 3.79. The molecule has 0 aliphatic rings. The Hall–Kier alpha value is -0.140. The van der Waals surface area contributed by atoms with Crippen molar-refractivity contribution in [3.8, 4) is 0 Å². The molecule has 0 heterocycles. The second kappa shape index (κ2) is 3.51. The van der Waals surface area contributed by atoms with Gasteiger partial charge in [-0.15, -0.1) is 0 Å². The monoisotopic (exact) mass is 201 g/mol. The van der Waals surface area contributed by atoms with Crippen LogP contribution in [-0.2, 0) is 19.9 Å². The lowest BCUT2D eigenvalue weighted by molar-refractivity contribution is 0.587. The Bertz CT molecular complexity index is 269. The fraction of sp³-hybridized carbons (Fsp3) is 1.00. The molecule has 68 valence electrons. The average Bonchev–Trinajstić information content (AvgIpc) is 1.55. The highest BCUT2D eigenvalue weighted by Gasteiger charge is 2.04. The van der Waals surface area contributed by atoms with Crippen molar-refractivity contribution >= 4 is 19.9 Å². The summed E-state index contributed by atoms with van der Waals surface area (Å²) in [6, 6.07) is 0. The Morgan fingerprint density at radius 3 is 1.82 bits per heavy atom. The van der Waals surface area contributed by atoms with E-state index in [9.17, 15) is 16.8 Å². The van der Waals surface area contributed by atoms with Crippen molar-refractivity contribution < 1.29 is 16.8 Å². The van der Waals surface area contributed by atoms with Gasteiger partial charge in [0.05, 0.1) is 12.0 Å². The van der Waals surface area contributed by atoms with Crippen molar-refractivity contribution in [1.82, 2.24) is 4.72 Å². The van der Waals surface area contributed by atoms with E-state index in [0.717, 1.165) is 12.5 Å². The van der Waals surface area contributed by atoms with Gasteiger partial charge in [0, 0.05) is 12.8 Å². The van der Waals surface area contributed by atoms with Crippen LogP contribution in [0.15, 0.2) is 0 Å². The second-order valence-electron chi connectivity index (χ2n) is 2.30. The molecule has 0 spiro atoms. The molecule has 0 bridgehead atoms. The van der Waals surface area contributed by atoms with Gasteiger partial charge < -0.3 is 0 Å². The SMILES string of the molecule is CS(=O)(=O)CCNS(C)(=O)=O. The number of nitrogens with one attached hydrogen (secondary N) is 1. The van der Waals surface area contributed by atoms with Gasteiger partial charge in [-0.3, -0.25) is 0 Å². The predicted molar refractivity (Wildman–Crippen MR) is 42.6 cm³/mol. The molecule has 7 heteroatoms. The highest BCUT2D eigenvalue weighted by atomic mass is 32.2. The lowest BCUT2D eigenvalue weighted by Gasteiger charge is -1.99. The molecule has 0 aromatic carbocycles. The zero-order chi connectivity index (χ0) is 9.12. The molecule has 0 aliphatic heterocycles. The predicted octanol–water partition coefficient (Wildman–Crippen LogP) is -1.42. The molecule has 1 N–H and O–H groups in total. The first kappa shape index (κ1) is 10.9. The van der Waals surface area contributed by atoms with Gasteiger partial charge in [0.2, 0.25) is 10.0 Å². The van der Waals surface area contributed by atoms with Crippen LogP contribution in [0.1, 0.15) is 0 Å². The molecule has 0 unspecified atom stereocenters. The van der Waals surface area contributed by atoms with Gasteiger partial charge in [0.15, 0.2) is 0 Å². The van der Waals surface area contributed by atoms with Crippen LogP contribution in [0.3, 0.4) is 0 Å². The second-order valence-corrected chi connectivity index (χ2v) is 6.39. The lowest BCUT2D eigenvalue weighted by atomic mass is 10.8. The largest absolute Gasteiger partial charge is 0.229 e. The van der Waals surface area contributed by atoms with Crippen LogP contribution >= 0.6 is 0 Å². The summed E-state index contributed by atoms with van der Waals surface area (Å²) < 4.78 is 43.9. The van der Waals surface area contributed by atoms with Crippen molar-refractivity contribution in [2.45, 2.75) is 0 Å². The fourth-order valence-corrected chi connectivity index (χ4v) is 1.49. The van der Waals surface area contributed by atoms with E-state index in [1.807, 2.05) is 0 Å². The highest BCUT2D eigenvalue weighted by molar-refractivity contribution is 7.91. The Morgan fingerprint density at radius 2 is 1.55 bits per heavy atom. The third-order valence-electron chi connectivity index (χ3n) is 0.837. The summed E-state index contributed by atoms with van der Waals surface area (Å²) in [6.45, 7) is -0.0579. The van der Waals surface area contributed by atoms with Gasteiger partial charge in [-0.2, -0.15) is 0 Å². The van der Waals surface area contributed by atoms with Crippen LogP contribution in [0.25, 0.3) is 0 Å². The van der Waals surface area contributed by atoms with Crippen LogP contribution in [-0.4, -0.2) is 41.6 Å². The maximum atomic E-state index is 10.5. The van der Waals surface area contributed by atoms with Crippen molar-refractivity contribution in [3.05, 3.63) is 0 Å². The van der Waals surface area contributed by atoms with E-state index >= 15 is 0 Å². The summed E-state index contributed by atoms with van der Waals surface area (Å²) in [6.07, 6.45) is 2.03. The van der Waals surface area contributed by atoms with E-state index in [4.69, 9.17) is 0 Å². The molecule has 11 heavy (non-hydrogen) atoms. The molecule has 0 fully saturated rings. The minimum Gasteiger partial charge on any atom is -0.229 e. The molecule has 0 radical (unpaired) electrons. The van der Waals surface area contributed by atoms with E-state index in [1.165, 1.54) is 0 Å². The molecule has 0 saturated heterocycles. The third kappa shape index (κ3) is 9.86. The number of rotatable bonds is 4. The number of hydrogen-bond donors (Lipinski definition) is 1. The van der Waals surface area contributed by atoms with Crippen molar-refractivity contribution in [2.75, 3.05) is 24.8 Å². The maximum Gasteiger partial charge on any atom is 0.208 e. The summed E-state index contributed by atoms with van der Waals surface area (Å²) in [5.41, 5.74) is 0. The summed E-state index contributed by atoms with van der Waals surface area (Å²) in [5.74, 6) is -0.167. The van der Waals surface area contributed by atoms with Gasteiger partial charge >= 0.3 is 0 Å². The van der Waals surface area contributed by atoms with Crippen LogP contribution in [0.2, 0.25) is 0 Å². The van der Waals surface area contributed by atoms with E-state index in [0.29, 0.717) is 0 Å². The minimum absolute atomic E-state index is 0.0579. The first-order chi connectivity index (χ1) is 4.71. The Labute approximate surface area is 66.8 Å². The standard InChI is InChI=1S/C4H11NO4S2/c1-10(6,7)4-3-5-11(2,8)9/h5H,3-4H2,1-2H3. The number of sulfonamides is 1. The van der Waals surface area contributed by atoms with E-state index in [2.05, 4.69) is 4.72 Å². The van der Waals surface area contributed by atoms with Gasteiger partial charge in [-0.25, -0.2) is 21.6 Å². The van der Waals surface area contributed by atoms with Crippen LogP contribution in [0.4, 0.5) is 0 Å². The Morgan fingerprint density at radius 1 is 1.09 bits per heavy atom. The minimum atomic E-state index is -3.26. The zero-order valence-corrected chi connectivity index (χ0v) is 8.00. The molecule has 0 saturated carbocycles. The van der Waals surface area contributed by atoms with Gasteiger partial charge in [0.1, 0.15) is 9.84 Å². The molecule has 0 aliphatic carbocycles. The van der Waals surface area contributed by atoms with Gasteiger partial charge in [0.25, 0.3) is 0 Å². The first-order valence-electron chi connectivity index (χ1n) is 2.83. The van der Waals surface area contributed by atoms with Crippen molar-refractivity contribution in [1.29, 1.82) is 0 Å². The fourth-order valence-electron chi connectivity index (χ4n) is 0.412. The molecule has 0 amide bonds. The summed E-state index contributed by atoms with van der Waals surface area (Å²) >= 11 is 0. The topological polar surface area (TPSA) is 80.3 Å². The molecule has 0 aromatic rings. The normalized spacial score (nSPS) is 13.3. The Kier molecular flexibility index (Phi) is 3.46. The van der Waals surface area contributed by atoms with Crippen LogP contribution < -0.4 is 4.72 Å². The summed E-state index contributed by atoms with van der Waals surface area (Å²) in [5, 5.41) is 0. The van der Waals surface area contributed by atoms with Gasteiger partial charge in [-0.05, 0) is 0 Å². The molecule has 0 rings (SSSR count). The van der Waals surface area contributed by atoms with E-state index in [-0.39, 0.29) is 12.3 Å². The van der Waals surface area contributed by atoms with Crippen LogP contribution in [0.5, 0.6) is 0 Å². The van der Waals surface area contributed by atoms with Crippen molar-refractivity contribution in [2.24, 2.45) is 0 Å². The average molecular weight is 201 g/mol. The molecule has 0 atom stereocenters. The number of sulfone groups is 1. The first-order valence-corrected chi connectivity index (χ1v) is 6.78. The van der Waals surface area contributed by atoms with Gasteiger partial charge in [-0.1, -0.05) is 0 Å². The quantitative estimate of drug-likeness (QED) is 0.605. The molecule has 5 nitrogen and oxygen atoms in total. The van der Waals surface area contributed by atoms with E-state index < -0.39 is 19.9 Å². The highest BCUT2D eigenvalue weighted by Crippen LogP contribution is 1.81. The lowest BCUT2D eigenvalue weighted by Crippen LogP contribution is -2.27. The summed E-state index contributed by atoms with van der Waals surface area (Å²) in [7, 11) is -6.33. The zero-order valence-electron chi connectivity index (χ0n) is 6.36. The van der Waals surface area contributed by atoms with E-state index in [1.54, 1.807) is 0 Å². The van der Waals surface area contributed by atoms with Crippen LogP contribution in [0, 0.1) is 0 Å². The maximum absolute atomic E-state index is 10.5. The summed E-state index contributed by atoms with van der Waals surface area (Å²) in [4.78, 5) is 0. The molecule has 0 aromatic heterocycles. The third-order valence-corrected chi connectivity index (χ3v) is 2.51.